The summed E-state index contributed by atoms with van der Waals surface area (Å²) in [5.41, 5.74) is 0. The van der Waals surface area contributed by atoms with Crippen LogP contribution in [0.2, 0.25) is 0 Å². The molecule has 5 nitrogen and oxygen atoms in total. The summed E-state index contributed by atoms with van der Waals surface area (Å²) >= 11 is 0. The molecule has 1 saturated heterocycles. The average Bonchev–Trinajstić information content (AvgIpc) is 3.02. The number of nitrogens with one attached hydrogen (secondary N) is 1. The normalized spacial score (nSPS) is 29.8. The highest BCUT2D eigenvalue weighted by molar-refractivity contribution is 5.85. The van der Waals surface area contributed by atoms with Gasteiger partial charge in [-0.1, -0.05) is 6.92 Å². The van der Waals surface area contributed by atoms with Crippen LogP contribution < -0.4 is 5.32 Å². The molecular formula is C15H26ClN5. The molecule has 0 radical (unpaired) electrons. The molecule has 21 heavy (non-hydrogen) atoms. The number of fused-ring (bicyclic) bond motifs is 1. The van der Waals surface area contributed by atoms with Crippen molar-refractivity contribution in [2.75, 3.05) is 26.2 Å². The summed E-state index contributed by atoms with van der Waals surface area (Å²) in [5, 5.41) is 12.2. The van der Waals surface area contributed by atoms with Gasteiger partial charge in [0.2, 0.25) is 0 Å². The van der Waals surface area contributed by atoms with Crippen LogP contribution in [-0.4, -0.2) is 45.8 Å². The zero-order valence-corrected chi connectivity index (χ0v) is 13.6. The van der Waals surface area contributed by atoms with Crippen LogP contribution in [-0.2, 0) is 13.1 Å². The summed E-state index contributed by atoms with van der Waals surface area (Å²) in [7, 11) is 0. The third-order valence-electron chi connectivity index (χ3n) is 5.37. The van der Waals surface area contributed by atoms with Crippen molar-refractivity contribution in [1.29, 1.82) is 0 Å². The third-order valence-corrected chi connectivity index (χ3v) is 5.37. The van der Waals surface area contributed by atoms with E-state index in [0.29, 0.717) is 5.92 Å². The molecule has 1 saturated carbocycles. The first-order valence-corrected chi connectivity index (χ1v) is 8.16. The number of hydrogen-bond donors (Lipinski definition) is 1. The minimum Gasteiger partial charge on any atom is -0.312 e. The van der Waals surface area contributed by atoms with E-state index in [4.69, 9.17) is 0 Å². The Morgan fingerprint density at radius 3 is 2.67 bits per heavy atom. The minimum atomic E-state index is 0. The molecule has 2 aliphatic heterocycles. The lowest BCUT2D eigenvalue weighted by Crippen LogP contribution is -2.36. The van der Waals surface area contributed by atoms with E-state index >= 15 is 0 Å². The van der Waals surface area contributed by atoms with Crippen molar-refractivity contribution in [3.05, 3.63) is 11.6 Å². The van der Waals surface area contributed by atoms with Gasteiger partial charge in [-0.15, -0.1) is 22.6 Å². The SMILES string of the molecule is CC1CC1CN1CCC(c2nnc3n2CCNC3)CC1.Cl. The topological polar surface area (TPSA) is 46.0 Å². The van der Waals surface area contributed by atoms with Crippen molar-refractivity contribution in [2.24, 2.45) is 11.8 Å². The number of rotatable bonds is 3. The molecule has 2 atom stereocenters. The standard InChI is InChI=1S/C15H25N5.ClH/c1-11-8-13(11)10-19-5-2-12(3-6-19)15-18-17-14-9-16-4-7-20(14)15;/h11-13,16H,2-10H2,1H3;1H. The molecule has 1 N–H and O–H groups in total. The second kappa shape index (κ2) is 6.23. The van der Waals surface area contributed by atoms with E-state index in [1.807, 2.05) is 0 Å². The lowest BCUT2D eigenvalue weighted by atomic mass is 9.95. The zero-order valence-electron chi connectivity index (χ0n) is 12.8. The van der Waals surface area contributed by atoms with Crippen LogP contribution in [0.4, 0.5) is 0 Å². The Labute approximate surface area is 132 Å². The summed E-state index contributed by atoms with van der Waals surface area (Å²) in [6, 6.07) is 0. The Balaban J connectivity index is 0.00000132. The Hall–Kier alpha value is -0.650. The molecule has 6 heteroatoms. The van der Waals surface area contributed by atoms with Crippen molar-refractivity contribution < 1.29 is 0 Å². The molecule has 1 aliphatic carbocycles. The predicted molar refractivity (Wildman–Crippen MR) is 84.7 cm³/mol. The largest absolute Gasteiger partial charge is 0.312 e. The fourth-order valence-corrected chi connectivity index (χ4v) is 3.78. The average molecular weight is 312 g/mol. The number of halogens is 1. The predicted octanol–water partition coefficient (Wildman–Crippen LogP) is 1.64. The monoisotopic (exact) mass is 311 g/mol. The number of aromatic nitrogens is 3. The lowest BCUT2D eigenvalue weighted by molar-refractivity contribution is 0.197. The van der Waals surface area contributed by atoms with E-state index in [2.05, 4.69) is 31.9 Å². The van der Waals surface area contributed by atoms with Crippen LogP contribution in [0.5, 0.6) is 0 Å². The molecule has 0 amide bonds. The highest BCUT2D eigenvalue weighted by Gasteiger charge is 2.35. The maximum absolute atomic E-state index is 4.49. The molecule has 1 aromatic rings. The lowest BCUT2D eigenvalue weighted by Gasteiger charge is -2.32. The third kappa shape index (κ3) is 3.10. The highest BCUT2D eigenvalue weighted by Crippen LogP contribution is 2.39. The van der Waals surface area contributed by atoms with Crippen molar-refractivity contribution >= 4 is 12.4 Å². The van der Waals surface area contributed by atoms with Crippen LogP contribution >= 0.6 is 12.4 Å². The number of piperidine rings is 1. The van der Waals surface area contributed by atoms with Gasteiger partial charge in [-0.05, 0) is 44.2 Å². The smallest absolute Gasteiger partial charge is 0.147 e. The summed E-state index contributed by atoms with van der Waals surface area (Å²) < 4.78 is 2.36. The Bertz CT molecular complexity index is 480. The van der Waals surface area contributed by atoms with E-state index in [9.17, 15) is 0 Å². The molecular weight excluding hydrogens is 286 g/mol. The first kappa shape index (κ1) is 15.3. The molecule has 0 aromatic carbocycles. The molecule has 118 valence electrons. The molecule has 3 heterocycles. The molecule has 0 bridgehead atoms. The maximum atomic E-state index is 4.49. The van der Waals surface area contributed by atoms with E-state index in [1.165, 1.54) is 44.7 Å². The molecule has 1 aromatic heterocycles. The molecule has 3 aliphatic rings. The van der Waals surface area contributed by atoms with Gasteiger partial charge in [0.25, 0.3) is 0 Å². The van der Waals surface area contributed by atoms with E-state index < -0.39 is 0 Å². The Kier molecular flexibility index (Phi) is 4.52. The van der Waals surface area contributed by atoms with Crippen LogP contribution in [0.15, 0.2) is 0 Å². The van der Waals surface area contributed by atoms with Crippen LogP contribution in [0.3, 0.4) is 0 Å². The molecule has 2 fully saturated rings. The highest BCUT2D eigenvalue weighted by atomic mass is 35.5. The fourth-order valence-electron chi connectivity index (χ4n) is 3.78. The van der Waals surface area contributed by atoms with Crippen molar-refractivity contribution in [3.8, 4) is 0 Å². The maximum Gasteiger partial charge on any atom is 0.147 e. The van der Waals surface area contributed by atoms with E-state index in [0.717, 1.165) is 37.3 Å². The molecule has 0 spiro atoms. The quantitative estimate of drug-likeness (QED) is 0.922. The Morgan fingerprint density at radius 2 is 1.95 bits per heavy atom. The Morgan fingerprint density at radius 1 is 1.19 bits per heavy atom. The van der Waals surface area contributed by atoms with Gasteiger partial charge in [-0.3, -0.25) is 0 Å². The summed E-state index contributed by atoms with van der Waals surface area (Å²) in [4.78, 5) is 2.67. The summed E-state index contributed by atoms with van der Waals surface area (Å²) in [6.45, 7) is 9.17. The first-order valence-electron chi connectivity index (χ1n) is 8.16. The van der Waals surface area contributed by atoms with Crippen molar-refractivity contribution in [3.63, 3.8) is 0 Å². The number of hydrogen-bond acceptors (Lipinski definition) is 4. The van der Waals surface area contributed by atoms with Crippen molar-refractivity contribution in [2.45, 2.75) is 45.2 Å². The summed E-state index contributed by atoms with van der Waals surface area (Å²) in [6.07, 6.45) is 3.96. The van der Waals surface area contributed by atoms with Gasteiger partial charge in [0.1, 0.15) is 11.6 Å². The van der Waals surface area contributed by atoms with E-state index in [-0.39, 0.29) is 12.4 Å². The number of nitrogens with zero attached hydrogens (tertiary/aromatic N) is 4. The van der Waals surface area contributed by atoms with Gasteiger partial charge in [0, 0.05) is 25.6 Å². The summed E-state index contributed by atoms with van der Waals surface area (Å²) in [5.74, 6) is 4.96. The van der Waals surface area contributed by atoms with Gasteiger partial charge in [-0.2, -0.15) is 0 Å². The van der Waals surface area contributed by atoms with E-state index in [1.54, 1.807) is 0 Å². The molecule has 4 rings (SSSR count). The van der Waals surface area contributed by atoms with Gasteiger partial charge in [0.15, 0.2) is 0 Å². The zero-order chi connectivity index (χ0) is 13.5. The fraction of sp³-hybridized carbons (Fsp3) is 0.867. The van der Waals surface area contributed by atoms with Gasteiger partial charge < -0.3 is 14.8 Å². The van der Waals surface area contributed by atoms with Gasteiger partial charge >= 0.3 is 0 Å². The first-order chi connectivity index (χ1) is 9.81. The van der Waals surface area contributed by atoms with Gasteiger partial charge in [0.05, 0.1) is 6.54 Å². The number of likely N-dealkylation sites (tertiary alicyclic amines) is 1. The molecule has 2 unspecified atom stereocenters. The second-order valence-electron chi connectivity index (χ2n) is 6.85. The van der Waals surface area contributed by atoms with Crippen LogP contribution in [0.25, 0.3) is 0 Å². The van der Waals surface area contributed by atoms with Crippen molar-refractivity contribution in [1.82, 2.24) is 25.0 Å². The second-order valence-corrected chi connectivity index (χ2v) is 6.85. The van der Waals surface area contributed by atoms with Crippen LogP contribution in [0, 0.1) is 11.8 Å². The van der Waals surface area contributed by atoms with Crippen LogP contribution in [0.1, 0.15) is 43.8 Å². The minimum absolute atomic E-state index is 0. The van der Waals surface area contributed by atoms with Gasteiger partial charge in [-0.25, -0.2) is 0 Å².